The summed E-state index contributed by atoms with van der Waals surface area (Å²) in [6, 6.07) is 8.25. The van der Waals surface area contributed by atoms with Crippen molar-refractivity contribution in [2.75, 3.05) is 0 Å². The zero-order valence-corrected chi connectivity index (χ0v) is 9.75. The second kappa shape index (κ2) is 5.40. The van der Waals surface area contributed by atoms with E-state index in [2.05, 4.69) is 39.0 Å². The van der Waals surface area contributed by atoms with Crippen LogP contribution in [0.4, 0.5) is 0 Å². The highest BCUT2D eigenvalue weighted by molar-refractivity contribution is 5.65. The van der Waals surface area contributed by atoms with Crippen molar-refractivity contribution in [3.05, 3.63) is 53.1 Å². The number of aryl methyl sites for hydroxylation is 1. The summed E-state index contributed by atoms with van der Waals surface area (Å²) in [7, 11) is 0. The maximum atomic E-state index is 6.02. The molecule has 1 rings (SSSR count). The van der Waals surface area contributed by atoms with Gasteiger partial charge < -0.3 is 5.73 Å². The SMILES string of the molecule is CC/C=C(C)\C=C(/N)c1cccc(C)c1. The van der Waals surface area contributed by atoms with E-state index in [-0.39, 0.29) is 0 Å². The molecule has 2 N–H and O–H groups in total. The van der Waals surface area contributed by atoms with E-state index < -0.39 is 0 Å². The molecule has 0 aliphatic rings. The number of hydrogen-bond acceptors (Lipinski definition) is 1. The average Bonchev–Trinajstić information content (AvgIpc) is 2.18. The van der Waals surface area contributed by atoms with Gasteiger partial charge in [0.25, 0.3) is 0 Å². The zero-order valence-electron chi connectivity index (χ0n) is 9.75. The molecule has 0 saturated carbocycles. The topological polar surface area (TPSA) is 26.0 Å². The summed E-state index contributed by atoms with van der Waals surface area (Å²) in [6.45, 7) is 6.28. The van der Waals surface area contributed by atoms with Gasteiger partial charge in [0.15, 0.2) is 0 Å². The minimum absolute atomic E-state index is 0.834. The molecule has 0 atom stereocenters. The third-order valence-electron chi connectivity index (χ3n) is 2.26. The molecular formula is C14H19N. The van der Waals surface area contributed by atoms with Crippen LogP contribution in [0.2, 0.25) is 0 Å². The Balaban J connectivity index is 2.94. The van der Waals surface area contributed by atoms with E-state index in [1.54, 1.807) is 0 Å². The summed E-state index contributed by atoms with van der Waals surface area (Å²) in [6.07, 6.45) is 5.24. The van der Waals surface area contributed by atoms with Gasteiger partial charge in [0.05, 0.1) is 0 Å². The molecule has 0 fully saturated rings. The zero-order chi connectivity index (χ0) is 11.3. The van der Waals surface area contributed by atoms with Crippen molar-refractivity contribution in [2.24, 2.45) is 5.73 Å². The summed E-state index contributed by atoms with van der Waals surface area (Å²) in [5, 5.41) is 0. The van der Waals surface area contributed by atoms with Crippen LogP contribution in [0.3, 0.4) is 0 Å². The lowest BCUT2D eigenvalue weighted by molar-refractivity contribution is 1.20. The molecule has 0 saturated heterocycles. The fourth-order valence-electron chi connectivity index (χ4n) is 1.53. The van der Waals surface area contributed by atoms with E-state index in [1.807, 2.05) is 18.2 Å². The number of rotatable bonds is 3. The molecule has 0 aliphatic heterocycles. The third kappa shape index (κ3) is 3.62. The van der Waals surface area contributed by atoms with Gasteiger partial charge in [-0.05, 0) is 38.0 Å². The summed E-state index contributed by atoms with van der Waals surface area (Å²) in [5.41, 5.74) is 10.4. The summed E-state index contributed by atoms with van der Waals surface area (Å²) >= 11 is 0. The molecule has 0 spiro atoms. The average molecular weight is 201 g/mol. The van der Waals surface area contributed by atoms with Crippen LogP contribution in [0.25, 0.3) is 5.70 Å². The predicted molar refractivity (Wildman–Crippen MR) is 67.4 cm³/mol. The highest BCUT2D eigenvalue weighted by Gasteiger charge is 1.96. The van der Waals surface area contributed by atoms with Gasteiger partial charge in [-0.1, -0.05) is 42.3 Å². The molecule has 0 bridgehead atoms. The number of hydrogen-bond donors (Lipinski definition) is 1. The molecule has 0 radical (unpaired) electrons. The van der Waals surface area contributed by atoms with E-state index >= 15 is 0 Å². The Kier molecular flexibility index (Phi) is 4.17. The molecule has 0 aromatic heterocycles. The Morgan fingerprint density at radius 1 is 1.40 bits per heavy atom. The highest BCUT2D eigenvalue weighted by Crippen LogP contribution is 2.13. The molecule has 0 unspecified atom stereocenters. The quantitative estimate of drug-likeness (QED) is 0.742. The van der Waals surface area contributed by atoms with Gasteiger partial charge in [0.2, 0.25) is 0 Å². The van der Waals surface area contributed by atoms with Crippen LogP contribution >= 0.6 is 0 Å². The Labute approximate surface area is 92.3 Å². The first kappa shape index (κ1) is 11.6. The van der Waals surface area contributed by atoms with Crippen LogP contribution in [-0.4, -0.2) is 0 Å². The van der Waals surface area contributed by atoms with E-state index in [0.717, 1.165) is 17.7 Å². The minimum Gasteiger partial charge on any atom is -0.398 e. The maximum absolute atomic E-state index is 6.02. The monoisotopic (exact) mass is 201 g/mol. The van der Waals surface area contributed by atoms with Crippen LogP contribution in [-0.2, 0) is 0 Å². The third-order valence-corrected chi connectivity index (χ3v) is 2.26. The molecule has 1 nitrogen and oxygen atoms in total. The lowest BCUT2D eigenvalue weighted by atomic mass is 10.1. The van der Waals surface area contributed by atoms with Crippen LogP contribution in [0.5, 0.6) is 0 Å². The van der Waals surface area contributed by atoms with Crippen molar-refractivity contribution >= 4 is 5.70 Å². The van der Waals surface area contributed by atoms with Crippen LogP contribution in [0.1, 0.15) is 31.4 Å². The predicted octanol–water partition coefficient (Wildman–Crippen LogP) is 3.65. The fraction of sp³-hybridized carbons (Fsp3) is 0.286. The van der Waals surface area contributed by atoms with Gasteiger partial charge in [-0.2, -0.15) is 0 Å². The number of allylic oxidation sites excluding steroid dienone is 3. The smallest absolute Gasteiger partial charge is 0.0390 e. The van der Waals surface area contributed by atoms with E-state index in [1.165, 1.54) is 11.1 Å². The lowest BCUT2D eigenvalue weighted by Gasteiger charge is -2.03. The summed E-state index contributed by atoms with van der Waals surface area (Å²) in [4.78, 5) is 0. The molecule has 1 heteroatoms. The Hall–Kier alpha value is -1.50. The van der Waals surface area contributed by atoms with Crippen LogP contribution in [0.15, 0.2) is 42.0 Å². The first-order valence-corrected chi connectivity index (χ1v) is 5.34. The van der Waals surface area contributed by atoms with Gasteiger partial charge in [-0.25, -0.2) is 0 Å². The van der Waals surface area contributed by atoms with Crippen molar-refractivity contribution in [2.45, 2.75) is 27.2 Å². The van der Waals surface area contributed by atoms with Crippen molar-refractivity contribution in [3.63, 3.8) is 0 Å². The Morgan fingerprint density at radius 2 is 2.13 bits per heavy atom. The van der Waals surface area contributed by atoms with Crippen molar-refractivity contribution < 1.29 is 0 Å². The van der Waals surface area contributed by atoms with Gasteiger partial charge in [0, 0.05) is 5.70 Å². The van der Waals surface area contributed by atoms with Crippen molar-refractivity contribution in [1.29, 1.82) is 0 Å². The first-order chi connectivity index (χ1) is 7.13. The van der Waals surface area contributed by atoms with Crippen LogP contribution in [0, 0.1) is 6.92 Å². The largest absolute Gasteiger partial charge is 0.398 e. The molecule has 15 heavy (non-hydrogen) atoms. The number of nitrogens with two attached hydrogens (primary N) is 1. The van der Waals surface area contributed by atoms with Crippen LogP contribution < -0.4 is 5.73 Å². The molecule has 0 aliphatic carbocycles. The fourth-order valence-corrected chi connectivity index (χ4v) is 1.53. The Bertz CT molecular complexity index is 386. The second-order valence-electron chi connectivity index (χ2n) is 3.83. The van der Waals surface area contributed by atoms with Crippen molar-refractivity contribution in [3.8, 4) is 0 Å². The Morgan fingerprint density at radius 3 is 2.73 bits per heavy atom. The van der Waals surface area contributed by atoms with Gasteiger partial charge in [0.1, 0.15) is 0 Å². The first-order valence-electron chi connectivity index (χ1n) is 5.34. The highest BCUT2D eigenvalue weighted by atomic mass is 14.6. The maximum Gasteiger partial charge on any atom is 0.0390 e. The molecule has 1 aromatic carbocycles. The molecule has 0 amide bonds. The second-order valence-corrected chi connectivity index (χ2v) is 3.83. The van der Waals surface area contributed by atoms with Crippen molar-refractivity contribution in [1.82, 2.24) is 0 Å². The standard InChI is InChI=1S/C14H19N/c1-4-6-11(2)10-14(15)13-8-5-7-12(3)9-13/h5-10H,4,15H2,1-3H3/b11-6-,14-10-. The molecular weight excluding hydrogens is 182 g/mol. The van der Waals surface area contributed by atoms with E-state index in [0.29, 0.717) is 0 Å². The number of benzene rings is 1. The summed E-state index contributed by atoms with van der Waals surface area (Å²) in [5.74, 6) is 0. The van der Waals surface area contributed by atoms with Gasteiger partial charge in [-0.15, -0.1) is 0 Å². The van der Waals surface area contributed by atoms with E-state index in [4.69, 9.17) is 5.73 Å². The van der Waals surface area contributed by atoms with Gasteiger partial charge >= 0.3 is 0 Å². The molecule has 0 heterocycles. The van der Waals surface area contributed by atoms with E-state index in [9.17, 15) is 0 Å². The normalized spacial score (nSPS) is 13.0. The summed E-state index contributed by atoms with van der Waals surface area (Å²) < 4.78 is 0. The lowest BCUT2D eigenvalue weighted by Crippen LogP contribution is -1.96. The van der Waals surface area contributed by atoms with Gasteiger partial charge in [-0.3, -0.25) is 0 Å². The minimum atomic E-state index is 0.834. The molecule has 80 valence electrons. The molecule has 1 aromatic rings.